The van der Waals surface area contributed by atoms with E-state index in [2.05, 4.69) is 159 Å². The van der Waals surface area contributed by atoms with Crippen LogP contribution < -0.4 is 24.8 Å². The second kappa shape index (κ2) is 11.5. The summed E-state index contributed by atoms with van der Waals surface area (Å²) >= 11 is -2.84. The molecule has 0 N–H and O–H groups in total. The summed E-state index contributed by atoms with van der Waals surface area (Å²) in [7, 11) is 0. The molecule has 4 unspecified atom stereocenters. The van der Waals surface area contributed by atoms with Gasteiger partial charge in [-0.25, -0.2) is 0 Å². The predicted octanol–water partition coefficient (Wildman–Crippen LogP) is 5.96. The quantitative estimate of drug-likeness (QED) is 0.213. The van der Waals surface area contributed by atoms with Crippen molar-refractivity contribution in [1.82, 2.24) is 0 Å². The van der Waals surface area contributed by atoms with Crippen molar-refractivity contribution in [2.45, 2.75) is 28.4 Å². The SMILES string of the molecule is C[CH]1[CH](C)[Zr+2]1([CH]1C=Cc2c(-c3cccc4ccccc34)cccc21)[CH]1C=Cc2c(-c3cccc4ccccc34)cccc21.[Cl-].[Cl-]. The van der Waals surface area contributed by atoms with Gasteiger partial charge in [-0.15, -0.1) is 0 Å². The van der Waals surface area contributed by atoms with Crippen molar-refractivity contribution < 1.29 is 45.1 Å². The van der Waals surface area contributed by atoms with Crippen LogP contribution in [0.4, 0.5) is 0 Å². The number of hydrogen-bond donors (Lipinski definition) is 0. The molecule has 1 saturated heterocycles. The monoisotopic (exact) mass is 698 g/mol. The third-order valence-electron chi connectivity index (χ3n) is 11.3. The number of fused-ring (bicyclic) bond motifs is 4. The van der Waals surface area contributed by atoms with E-state index < -0.39 is 20.3 Å². The second-order valence-electron chi connectivity index (χ2n) is 12.9. The van der Waals surface area contributed by atoms with Crippen LogP contribution in [0.15, 0.2) is 133 Å². The molecule has 45 heavy (non-hydrogen) atoms. The summed E-state index contributed by atoms with van der Waals surface area (Å²) in [5.41, 5.74) is 11.6. The molecule has 6 aromatic rings. The third-order valence-corrected chi connectivity index (χ3v) is 28.4. The van der Waals surface area contributed by atoms with E-state index in [-0.39, 0.29) is 24.8 Å². The first-order valence-corrected chi connectivity index (χ1v) is 21.4. The molecular formula is C42H34Cl2Zr. The molecule has 9 rings (SSSR count). The average Bonchev–Trinajstić information content (AvgIpc) is 3.43. The van der Waals surface area contributed by atoms with Gasteiger partial charge < -0.3 is 24.8 Å². The molecular weight excluding hydrogens is 667 g/mol. The fourth-order valence-corrected chi connectivity index (χ4v) is 28.5. The van der Waals surface area contributed by atoms with Crippen LogP contribution in [0.2, 0.25) is 7.25 Å². The number of halogens is 2. The van der Waals surface area contributed by atoms with E-state index in [1.165, 1.54) is 54.9 Å². The number of benzene rings is 6. The predicted molar refractivity (Wildman–Crippen MR) is 181 cm³/mol. The topological polar surface area (TPSA) is 0 Å². The molecule has 0 bridgehead atoms. The number of hydrogen-bond acceptors (Lipinski definition) is 0. The first-order valence-electron chi connectivity index (χ1n) is 15.8. The minimum absolute atomic E-state index is 0. The zero-order valence-corrected chi connectivity index (χ0v) is 29.4. The Hall–Kier alpha value is -3.22. The summed E-state index contributed by atoms with van der Waals surface area (Å²) in [6.07, 6.45) is 10.2. The molecule has 0 spiro atoms. The summed E-state index contributed by atoms with van der Waals surface area (Å²) in [6.45, 7) is 5.17. The van der Waals surface area contributed by atoms with Gasteiger partial charge in [0.2, 0.25) is 0 Å². The van der Waals surface area contributed by atoms with Crippen molar-refractivity contribution in [2.75, 3.05) is 0 Å². The normalized spacial score (nSPS) is 22.4. The van der Waals surface area contributed by atoms with E-state index in [0.29, 0.717) is 7.25 Å². The summed E-state index contributed by atoms with van der Waals surface area (Å²) in [4.78, 5) is 0. The van der Waals surface area contributed by atoms with Crippen LogP contribution in [0.25, 0.3) is 56.0 Å². The van der Waals surface area contributed by atoms with Gasteiger partial charge in [-0.1, -0.05) is 0 Å². The van der Waals surface area contributed by atoms with E-state index in [9.17, 15) is 0 Å². The number of allylic oxidation sites excluding steroid dienone is 2. The van der Waals surface area contributed by atoms with Crippen molar-refractivity contribution in [3.05, 3.63) is 156 Å². The Balaban J connectivity index is 0.00000163. The Labute approximate surface area is 283 Å². The molecule has 0 nitrogen and oxygen atoms in total. The maximum atomic E-state index is 2.63. The first kappa shape index (κ1) is 30.4. The Morgan fingerprint density at radius 2 is 0.800 bits per heavy atom. The van der Waals surface area contributed by atoms with E-state index in [1.807, 2.05) is 0 Å². The van der Waals surface area contributed by atoms with Crippen LogP contribution in [0.3, 0.4) is 0 Å². The Bertz CT molecular complexity index is 1990. The van der Waals surface area contributed by atoms with Gasteiger partial charge in [-0.05, 0) is 0 Å². The van der Waals surface area contributed by atoms with Crippen molar-refractivity contribution in [3.8, 4) is 22.3 Å². The van der Waals surface area contributed by atoms with Crippen LogP contribution >= 0.6 is 0 Å². The maximum Gasteiger partial charge on any atom is -1.00 e. The standard InChI is InChI=1S/2C19H13.C4H8.2ClH.Zr/c2*1-2-10-16-14(6-1)8-4-12-18(16)19-13-5-9-15-7-3-11-17(15)19;1-3-4-2;;;/h2*1-13H;3-4H,1-2H3;2*1H;/q;;;;;+2/p-2. The zero-order chi connectivity index (χ0) is 28.7. The van der Waals surface area contributed by atoms with E-state index >= 15 is 0 Å². The average molecular weight is 701 g/mol. The van der Waals surface area contributed by atoms with Crippen LogP contribution in [-0.2, 0) is 20.3 Å². The molecule has 0 saturated carbocycles. The second-order valence-corrected chi connectivity index (χ2v) is 25.4. The van der Waals surface area contributed by atoms with Crippen LogP contribution in [0, 0.1) is 0 Å². The molecule has 3 heteroatoms. The molecule has 220 valence electrons. The molecule has 0 amide bonds. The van der Waals surface area contributed by atoms with E-state index in [1.54, 1.807) is 11.1 Å². The molecule has 4 atom stereocenters. The van der Waals surface area contributed by atoms with E-state index in [4.69, 9.17) is 0 Å². The summed E-state index contributed by atoms with van der Waals surface area (Å²) < 4.78 is 2.90. The van der Waals surface area contributed by atoms with Crippen LogP contribution in [0.1, 0.15) is 43.4 Å². The minimum Gasteiger partial charge on any atom is -1.00 e. The Morgan fingerprint density at radius 3 is 1.24 bits per heavy atom. The summed E-state index contributed by atoms with van der Waals surface area (Å²) in [6, 6.07) is 45.4. The summed E-state index contributed by atoms with van der Waals surface area (Å²) in [5.74, 6) is 0. The summed E-state index contributed by atoms with van der Waals surface area (Å²) in [5, 5.41) is 5.31. The van der Waals surface area contributed by atoms with Crippen molar-refractivity contribution >= 4 is 33.7 Å². The maximum absolute atomic E-state index is 2.84. The molecule has 1 heterocycles. The fourth-order valence-electron chi connectivity index (χ4n) is 9.10. The van der Waals surface area contributed by atoms with Gasteiger partial charge >= 0.3 is 260 Å². The fraction of sp³-hybridized carbons (Fsp3) is 0.143. The van der Waals surface area contributed by atoms with Crippen molar-refractivity contribution in [2.24, 2.45) is 0 Å². The smallest absolute Gasteiger partial charge is 1.00 e. The van der Waals surface area contributed by atoms with Gasteiger partial charge in [0.05, 0.1) is 0 Å². The molecule has 2 aliphatic carbocycles. The Morgan fingerprint density at radius 1 is 0.422 bits per heavy atom. The van der Waals surface area contributed by atoms with Gasteiger partial charge in [0.25, 0.3) is 0 Å². The molecule has 0 aromatic heterocycles. The van der Waals surface area contributed by atoms with E-state index in [0.717, 1.165) is 7.25 Å². The Kier molecular flexibility index (Phi) is 7.81. The van der Waals surface area contributed by atoms with Gasteiger partial charge in [0, 0.05) is 0 Å². The molecule has 3 aliphatic rings. The minimum atomic E-state index is -2.84. The van der Waals surface area contributed by atoms with Crippen LogP contribution in [0.5, 0.6) is 0 Å². The largest absolute Gasteiger partial charge is 1.00 e. The molecule has 0 radical (unpaired) electrons. The molecule has 1 aliphatic heterocycles. The third kappa shape index (κ3) is 4.35. The molecule has 6 aromatic carbocycles. The number of rotatable bonds is 4. The van der Waals surface area contributed by atoms with Gasteiger partial charge in [0.1, 0.15) is 0 Å². The van der Waals surface area contributed by atoms with Crippen LogP contribution in [-0.4, -0.2) is 0 Å². The van der Waals surface area contributed by atoms with Gasteiger partial charge in [-0.2, -0.15) is 0 Å². The van der Waals surface area contributed by atoms with Gasteiger partial charge in [0.15, 0.2) is 0 Å². The molecule has 1 fully saturated rings. The first-order chi connectivity index (χ1) is 21.2. The van der Waals surface area contributed by atoms with Crippen molar-refractivity contribution in [1.29, 1.82) is 0 Å². The van der Waals surface area contributed by atoms with Crippen molar-refractivity contribution in [3.63, 3.8) is 0 Å². The zero-order valence-electron chi connectivity index (χ0n) is 25.4. The van der Waals surface area contributed by atoms with Gasteiger partial charge in [-0.3, -0.25) is 0 Å².